The van der Waals surface area contributed by atoms with Crippen LogP contribution < -0.4 is 18.9 Å². The van der Waals surface area contributed by atoms with Gasteiger partial charge in [0, 0.05) is 0 Å². The molecule has 9 nitrogen and oxygen atoms in total. The quantitative estimate of drug-likeness (QED) is 0.359. The third-order valence-corrected chi connectivity index (χ3v) is 3.55. The smallest absolute Gasteiger partial charge is 0.870 e. The van der Waals surface area contributed by atoms with Crippen LogP contribution in [0.2, 0.25) is 0 Å². The minimum absolute atomic E-state index is 0. The second kappa shape index (κ2) is 13.8. The average molecular weight is 432 g/mol. The standard InChI is InChI=1S/C9H12F2N2O2.C7H8F2N2O2.Li.H2O/c1-3-15-9(14)7-4-12-13(6(7)2)5-8(10)11;1-4-5(7(12)13)2-10-11(4)3-6(8)9;;/h4,8H,3,5H2,1-2H3;2,6H,3H2,1H3,(H,12,13);;1H2/q;;+1;/p-1. The molecule has 2 aromatic rings. The minimum Gasteiger partial charge on any atom is -0.870 e. The van der Waals surface area contributed by atoms with E-state index in [0.717, 1.165) is 15.6 Å². The Labute approximate surface area is 181 Å². The summed E-state index contributed by atoms with van der Waals surface area (Å²) in [5.41, 5.74) is 0.833. The summed E-state index contributed by atoms with van der Waals surface area (Å²) in [6, 6.07) is 0. The van der Waals surface area contributed by atoms with Gasteiger partial charge in [-0.3, -0.25) is 9.36 Å². The van der Waals surface area contributed by atoms with E-state index >= 15 is 0 Å². The van der Waals surface area contributed by atoms with Gasteiger partial charge in [-0.15, -0.1) is 0 Å². The number of aromatic nitrogens is 4. The van der Waals surface area contributed by atoms with Crippen LogP contribution >= 0.6 is 0 Å². The Bertz CT molecular complexity index is 814. The van der Waals surface area contributed by atoms with E-state index in [4.69, 9.17) is 9.84 Å². The van der Waals surface area contributed by atoms with Crippen molar-refractivity contribution in [3.63, 3.8) is 0 Å². The summed E-state index contributed by atoms with van der Waals surface area (Å²) < 4.78 is 54.8. The largest absolute Gasteiger partial charge is 1.00 e. The molecule has 0 fully saturated rings. The molecule has 164 valence electrons. The van der Waals surface area contributed by atoms with Crippen molar-refractivity contribution in [3.05, 3.63) is 34.9 Å². The van der Waals surface area contributed by atoms with Crippen molar-refractivity contribution in [2.75, 3.05) is 6.61 Å². The van der Waals surface area contributed by atoms with E-state index in [1.54, 1.807) is 13.8 Å². The number of carbonyl (C=O) groups is 2. The monoisotopic (exact) mass is 432 g/mol. The maximum atomic E-state index is 12.1. The van der Waals surface area contributed by atoms with Crippen molar-refractivity contribution >= 4 is 11.9 Å². The zero-order valence-electron chi connectivity index (χ0n) is 16.9. The summed E-state index contributed by atoms with van der Waals surface area (Å²) in [5.74, 6) is -1.69. The van der Waals surface area contributed by atoms with Gasteiger partial charge in [-0.25, -0.2) is 27.2 Å². The first kappa shape index (κ1) is 29.8. The Morgan fingerprint density at radius 2 is 1.40 bits per heavy atom. The first-order valence-electron chi connectivity index (χ1n) is 8.09. The van der Waals surface area contributed by atoms with Crippen LogP contribution in [0.5, 0.6) is 0 Å². The third-order valence-electron chi connectivity index (χ3n) is 3.55. The number of halogens is 4. The average Bonchev–Trinajstić information content (AvgIpc) is 3.11. The van der Waals surface area contributed by atoms with E-state index in [1.807, 2.05) is 0 Å². The van der Waals surface area contributed by atoms with Gasteiger partial charge in [-0.1, -0.05) is 0 Å². The van der Waals surface area contributed by atoms with Crippen LogP contribution in [0.4, 0.5) is 17.6 Å². The van der Waals surface area contributed by atoms with E-state index < -0.39 is 37.9 Å². The fourth-order valence-electron chi connectivity index (χ4n) is 2.14. The number of carbonyl (C=O) groups excluding carboxylic acids is 1. The molecule has 0 radical (unpaired) electrons. The number of rotatable bonds is 7. The van der Waals surface area contributed by atoms with Gasteiger partial charge in [-0.05, 0) is 20.8 Å². The zero-order chi connectivity index (χ0) is 21.4. The normalized spacial score (nSPS) is 10.0. The number of carboxylic acid groups (broad SMARTS) is 1. The van der Waals surface area contributed by atoms with E-state index in [-0.39, 0.29) is 47.8 Å². The SMILES string of the molecule is CCOC(=O)c1cnn(CC(F)F)c1C.Cc1c(C(=O)O)cnn1CC(F)F.[Li+].[OH-]. The fourth-order valence-corrected chi connectivity index (χ4v) is 2.14. The van der Waals surface area contributed by atoms with Crippen molar-refractivity contribution in [2.24, 2.45) is 0 Å². The Hall–Kier alpha value is -2.36. The van der Waals surface area contributed by atoms with Gasteiger partial charge in [-0.2, -0.15) is 10.2 Å². The molecule has 0 aliphatic rings. The van der Waals surface area contributed by atoms with Gasteiger partial charge < -0.3 is 15.3 Å². The molecule has 0 amide bonds. The summed E-state index contributed by atoms with van der Waals surface area (Å²) in [6.45, 7) is 3.85. The van der Waals surface area contributed by atoms with Crippen molar-refractivity contribution in [1.29, 1.82) is 0 Å². The van der Waals surface area contributed by atoms with Crippen LogP contribution in [0.1, 0.15) is 39.0 Å². The summed E-state index contributed by atoms with van der Waals surface area (Å²) >= 11 is 0. The Kier molecular flexibility index (Phi) is 13.7. The van der Waals surface area contributed by atoms with Gasteiger partial charge in [0.2, 0.25) is 0 Å². The van der Waals surface area contributed by atoms with Crippen molar-refractivity contribution < 1.29 is 61.3 Å². The Morgan fingerprint density at radius 3 is 1.73 bits per heavy atom. The van der Waals surface area contributed by atoms with Crippen molar-refractivity contribution in [3.8, 4) is 0 Å². The van der Waals surface area contributed by atoms with Crippen molar-refractivity contribution in [1.82, 2.24) is 19.6 Å². The van der Waals surface area contributed by atoms with E-state index in [1.165, 1.54) is 13.1 Å². The predicted octanol–water partition coefficient (Wildman–Crippen LogP) is -0.385. The van der Waals surface area contributed by atoms with Crippen LogP contribution in [-0.2, 0) is 17.8 Å². The number of nitrogens with zero attached hydrogens (tertiary/aromatic N) is 4. The summed E-state index contributed by atoms with van der Waals surface area (Å²) in [6.07, 6.45) is -2.70. The molecule has 0 aliphatic carbocycles. The molecule has 0 unspecified atom stereocenters. The molecule has 2 heterocycles. The van der Waals surface area contributed by atoms with Gasteiger partial charge in [0.05, 0.1) is 30.4 Å². The molecule has 0 spiro atoms. The molecule has 0 bridgehead atoms. The number of hydrogen-bond donors (Lipinski definition) is 1. The van der Waals surface area contributed by atoms with Crippen LogP contribution in [-0.4, -0.2) is 61.5 Å². The van der Waals surface area contributed by atoms with Gasteiger partial charge in [0.1, 0.15) is 24.2 Å². The first-order chi connectivity index (χ1) is 13.1. The molecular weight excluding hydrogens is 411 g/mol. The molecule has 14 heteroatoms. The zero-order valence-corrected chi connectivity index (χ0v) is 16.9. The van der Waals surface area contributed by atoms with Crippen molar-refractivity contribution in [2.45, 2.75) is 46.7 Å². The Morgan fingerprint density at radius 1 is 1.00 bits per heavy atom. The molecule has 0 saturated heterocycles. The number of esters is 1. The molecule has 30 heavy (non-hydrogen) atoms. The number of ether oxygens (including phenoxy) is 1. The number of carboxylic acids is 1. The molecule has 0 aromatic carbocycles. The number of hydrogen-bond acceptors (Lipinski definition) is 6. The second-order valence-corrected chi connectivity index (χ2v) is 5.46. The van der Waals surface area contributed by atoms with Gasteiger partial charge in [0.15, 0.2) is 0 Å². The molecule has 2 rings (SSSR count). The van der Waals surface area contributed by atoms with Crippen LogP contribution in [0.25, 0.3) is 0 Å². The molecule has 0 aliphatic heterocycles. The number of aromatic carboxylic acids is 1. The van der Waals surface area contributed by atoms with E-state index in [2.05, 4.69) is 10.2 Å². The maximum Gasteiger partial charge on any atom is 1.00 e. The fraction of sp³-hybridized carbons (Fsp3) is 0.500. The second-order valence-electron chi connectivity index (χ2n) is 5.46. The van der Waals surface area contributed by atoms with Crippen LogP contribution in [0, 0.1) is 13.8 Å². The summed E-state index contributed by atoms with van der Waals surface area (Å²) in [5, 5.41) is 15.8. The van der Waals surface area contributed by atoms with Crippen LogP contribution in [0.15, 0.2) is 12.4 Å². The van der Waals surface area contributed by atoms with E-state index in [9.17, 15) is 27.2 Å². The summed E-state index contributed by atoms with van der Waals surface area (Å²) in [4.78, 5) is 21.8. The molecular formula is C16H21F4LiN4O5. The topological polar surface area (TPSA) is 129 Å². The maximum absolute atomic E-state index is 12.1. The predicted molar refractivity (Wildman–Crippen MR) is 90.8 cm³/mol. The third kappa shape index (κ3) is 8.56. The Balaban J connectivity index is 0. The molecule has 2 N–H and O–H groups in total. The van der Waals surface area contributed by atoms with Gasteiger partial charge in [0.25, 0.3) is 12.9 Å². The summed E-state index contributed by atoms with van der Waals surface area (Å²) in [7, 11) is 0. The molecule has 2 aromatic heterocycles. The van der Waals surface area contributed by atoms with E-state index in [0.29, 0.717) is 5.69 Å². The minimum atomic E-state index is -2.53. The molecule has 0 saturated carbocycles. The number of alkyl halides is 4. The molecule has 0 atom stereocenters. The first-order valence-corrected chi connectivity index (χ1v) is 8.09. The van der Waals surface area contributed by atoms with Gasteiger partial charge >= 0.3 is 30.8 Å². The van der Waals surface area contributed by atoms with Crippen LogP contribution in [0.3, 0.4) is 0 Å².